The maximum atomic E-state index is 9.32. The number of nitrogens with one attached hydrogen (secondary N) is 1. The van der Waals surface area contributed by atoms with E-state index in [1.54, 1.807) is 12.1 Å². The second-order valence-electron chi connectivity index (χ2n) is 4.16. The van der Waals surface area contributed by atoms with Crippen LogP contribution in [0.3, 0.4) is 0 Å². The third-order valence-corrected chi connectivity index (χ3v) is 2.90. The maximum absolute atomic E-state index is 9.32. The molecule has 0 atom stereocenters. The molecule has 0 bridgehead atoms. The van der Waals surface area contributed by atoms with E-state index in [1.165, 1.54) is 0 Å². The van der Waals surface area contributed by atoms with E-state index in [0.717, 1.165) is 17.0 Å². The molecule has 18 heavy (non-hydrogen) atoms. The number of rotatable bonds is 4. The Morgan fingerprint density at radius 2 is 2.06 bits per heavy atom. The van der Waals surface area contributed by atoms with Gasteiger partial charge in [0.2, 0.25) is 0 Å². The Bertz CT molecular complexity index is 543. The average Bonchev–Trinajstić information content (AvgIpc) is 2.34. The Labute approximate surface area is 111 Å². The van der Waals surface area contributed by atoms with Crippen LogP contribution in [-0.2, 0) is 13.1 Å². The van der Waals surface area contributed by atoms with Gasteiger partial charge in [0.05, 0.1) is 10.7 Å². The minimum Gasteiger partial charge on any atom is -0.506 e. The molecule has 2 rings (SSSR count). The zero-order valence-corrected chi connectivity index (χ0v) is 10.9. The first-order valence-corrected chi connectivity index (χ1v) is 6.13. The summed E-state index contributed by atoms with van der Waals surface area (Å²) in [5.41, 5.74) is 3.06. The smallest absolute Gasteiger partial charge is 0.134 e. The van der Waals surface area contributed by atoms with Crippen LogP contribution in [0.25, 0.3) is 0 Å². The minimum absolute atomic E-state index is 0.112. The van der Waals surface area contributed by atoms with Crippen LogP contribution in [0.5, 0.6) is 5.75 Å². The lowest BCUT2D eigenvalue weighted by atomic mass is 10.2. The number of benzene rings is 1. The van der Waals surface area contributed by atoms with E-state index in [0.29, 0.717) is 18.1 Å². The first kappa shape index (κ1) is 12.9. The van der Waals surface area contributed by atoms with E-state index in [-0.39, 0.29) is 5.75 Å². The van der Waals surface area contributed by atoms with Crippen molar-refractivity contribution < 1.29 is 5.11 Å². The van der Waals surface area contributed by atoms with Crippen LogP contribution < -0.4 is 5.32 Å². The Morgan fingerprint density at radius 3 is 2.78 bits per heavy atom. The SMILES string of the molecule is Cc1cccc(CNCc2ccc(O)c(Cl)c2)n1. The molecular weight excluding hydrogens is 248 g/mol. The molecule has 0 radical (unpaired) electrons. The molecule has 0 saturated carbocycles. The molecule has 0 aliphatic heterocycles. The predicted octanol–water partition coefficient (Wildman–Crippen LogP) is 3.04. The first-order chi connectivity index (χ1) is 8.65. The molecule has 0 aliphatic rings. The number of hydrogen-bond donors (Lipinski definition) is 2. The van der Waals surface area contributed by atoms with E-state index in [2.05, 4.69) is 10.3 Å². The largest absolute Gasteiger partial charge is 0.506 e. The summed E-state index contributed by atoms with van der Waals surface area (Å²) < 4.78 is 0. The molecule has 2 N–H and O–H groups in total. The molecular formula is C14H15ClN2O. The summed E-state index contributed by atoms with van der Waals surface area (Å²) >= 11 is 5.84. The molecule has 0 fully saturated rings. The Hall–Kier alpha value is -1.58. The van der Waals surface area contributed by atoms with Crippen LogP contribution in [0.4, 0.5) is 0 Å². The van der Waals surface area contributed by atoms with Gasteiger partial charge in [-0.1, -0.05) is 23.7 Å². The van der Waals surface area contributed by atoms with Crippen molar-refractivity contribution in [3.05, 3.63) is 58.4 Å². The third kappa shape index (κ3) is 3.45. The van der Waals surface area contributed by atoms with Crippen molar-refractivity contribution in [1.29, 1.82) is 0 Å². The average molecular weight is 263 g/mol. The topological polar surface area (TPSA) is 45.1 Å². The highest BCUT2D eigenvalue weighted by Crippen LogP contribution is 2.23. The fourth-order valence-electron chi connectivity index (χ4n) is 1.69. The number of pyridine rings is 1. The molecule has 0 amide bonds. The molecule has 0 unspecified atom stereocenters. The van der Waals surface area contributed by atoms with E-state index in [1.807, 2.05) is 31.2 Å². The number of aryl methyl sites for hydroxylation is 1. The highest BCUT2D eigenvalue weighted by Gasteiger charge is 2.00. The number of halogens is 1. The number of phenols is 1. The highest BCUT2D eigenvalue weighted by atomic mass is 35.5. The van der Waals surface area contributed by atoms with Gasteiger partial charge in [0.25, 0.3) is 0 Å². The quantitative estimate of drug-likeness (QED) is 0.890. The van der Waals surface area contributed by atoms with Crippen LogP contribution in [0.2, 0.25) is 5.02 Å². The lowest BCUT2D eigenvalue weighted by Gasteiger charge is -2.06. The van der Waals surface area contributed by atoms with Crippen LogP contribution >= 0.6 is 11.6 Å². The summed E-state index contributed by atoms with van der Waals surface area (Å²) in [6.07, 6.45) is 0. The van der Waals surface area contributed by atoms with Gasteiger partial charge in [0.15, 0.2) is 0 Å². The zero-order valence-electron chi connectivity index (χ0n) is 10.2. The van der Waals surface area contributed by atoms with Gasteiger partial charge >= 0.3 is 0 Å². The Kier molecular flexibility index (Phi) is 4.18. The molecule has 0 saturated heterocycles. The number of aromatic nitrogens is 1. The van der Waals surface area contributed by atoms with Crippen molar-refractivity contribution in [2.24, 2.45) is 0 Å². The molecule has 3 nitrogen and oxygen atoms in total. The Morgan fingerprint density at radius 1 is 1.22 bits per heavy atom. The molecule has 0 aliphatic carbocycles. The monoisotopic (exact) mass is 262 g/mol. The number of nitrogens with zero attached hydrogens (tertiary/aromatic N) is 1. The molecule has 94 valence electrons. The van der Waals surface area contributed by atoms with Crippen molar-refractivity contribution in [1.82, 2.24) is 10.3 Å². The molecule has 1 heterocycles. The van der Waals surface area contributed by atoms with Gasteiger partial charge < -0.3 is 10.4 Å². The van der Waals surface area contributed by atoms with Gasteiger partial charge in [0.1, 0.15) is 5.75 Å². The third-order valence-electron chi connectivity index (χ3n) is 2.59. The van der Waals surface area contributed by atoms with Crippen molar-refractivity contribution in [2.45, 2.75) is 20.0 Å². The van der Waals surface area contributed by atoms with Crippen molar-refractivity contribution >= 4 is 11.6 Å². The number of aromatic hydroxyl groups is 1. The van der Waals surface area contributed by atoms with E-state index < -0.39 is 0 Å². The standard InChI is InChI=1S/C14H15ClN2O/c1-10-3-2-4-12(17-10)9-16-8-11-5-6-14(18)13(15)7-11/h2-7,16,18H,8-9H2,1H3. The molecule has 1 aromatic carbocycles. The summed E-state index contributed by atoms with van der Waals surface area (Å²) in [6.45, 7) is 3.37. The molecule has 0 spiro atoms. The summed E-state index contributed by atoms with van der Waals surface area (Å²) in [4.78, 5) is 4.41. The molecule has 1 aromatic heterocycles. The summed E-state index contributed by atoms with van der Waals surface area (Å²) in [5.74, 6) is 0.112. The van der Waals surface area contributed by atoms with Gasteiger partial charge in [0, 0.05) is 18.8 Å². The van der Waals surface area contributed by atoms with Gasteiger partial charge in [-0.2, -0.15) is 0 Å². The first-order valence-electron chi connectivity index (χ1n) is 5.76. The predicted molar refractivity (Wildman–Crippen MR) is 72.6 cm³/mol. The second-order valence-corrected chi connectivity index (χ2v) is 4.57. The van der Waals surface area contributed by atoms with Crippen molar-refractivity contribution in [3.8, 4) is 5.75 Å². The van der Waals surface area contributed by atoms with Crippen molar-refractivity contribution in [2.75, 3.05) is 0 Å². The van der Waals surface area contributed by atoms with E-state index >= 15 is 0 Å². The van der Waals surface area contributed by atoms with Crippen molar-refractivity contribution in [3.63, 3.8) is 0 Å². The second kappa shape index (κ2) is 5.85. The fraction of sp³-hybridized carbons (Fsp3) is 0.214. The number of hydrogen-bond acceptors (Lipinski definition) is 3. The fourth-order valence-corrected chi connectivity index (χ4v) is 1.90. The van der Waals surface area contributed by atoms with Gasteiger partial charge in [-0.3, -0.25) is 4.98 Å². The normalized spacial score (nSPS) is 10.6. The molecule has 2 aromatic rings. The highest BCUT2D eigenvalue weighted by molar-refractivity contribution is 6.32. The summed E-state index contributed by atoms with van der Waals surface area (Å²) in [6, 6.07) is 11.2. The van der Waals surface area contributed by atoms with Crippen LogP contribution in [0.1, 0.15) is 17.0 Å². The van der Waals surface area contributed by atoms with E-state index in [4.69, 9.17) is 11.6 Å². The van der Waals surface area contributed by atoms with Crippen LogP contribution in [0.15, 0.2) is 36.4 Å². The van der Waals surface area contributed by atoms with E-state index in [9.17, 15) is 5.11 Å². The summed E-state index contributed by atoms with van der Waals surface area (Å²) in [7, 11) is 0. The maximum Gasteiger partial charge on any atom is 0.134 e. The minimum atomic E-state index is 0.112. The number of phenolic OH excluding ortho intramolecular Hbond substituents is 1. The Balaban J connectivity index is 1.90. The van der Waals surface area contributed by atoms with Gasteiger partial charge in [-0.15, -0.1) is 0 Å². The van der Waals surface area contributed by atoms with Gasteiger partial charge in [-0.05, 0) is 36.8 Å². The zero-order chi connectivity index (χ0) is 13.0. The van der Waals surface area contributed by atoms with Crippen LogP contribution in [-0.4, -0.2) is 10.1 Å². The lowest BCUT2D eigenvalue weighted by molar-refractivity contribution is 0.475. The summed E-state index contributed by atoms with van der Waals surface area (Å²) in [5, 5.41) is 13.0. The van der Waals surface area contributed by atoms with Crippen LogP contribution in [0, 0.1) is 6.92 Å². The molecule has 4 heteroatoms. The lowest BCUT2D eigenvalue weighted by Crippen LogP contribution is -2.13. The van der Waals surface area contributed by atoms with Gasteiger partial charge in [-0.25, -0.2) is 0 Å².